The highest BCUT2D eigenvalue weighted by Gasteiger charge is 2.15. The molecule has 1 heterocycles. The minimum Gasteiger partial charge on any atom is -0.443 e. The molecule has 0 bridgehead atoms. The van der Waals surface area contributed by atoms with Crippen molar-refractivity contribution in [2.24, 2.45) is 0 Å². The van der Waals surface area contributed by atoms with Crippen LogP contribution in [0.2, 0.25) is 0 Å². The van der Waals surface area contributed by atoms with Gasteiger partial charge in [0.25, 0.3) is 0 Å². The average Bonchev–Trinajstić information content (AvgIpc) is 2.93. The molecule has 1 amide bonds. The molecule has 1 aromatic carbocycles. The van der Waals surface area contributed by atoms with Crippen LogP contribution in [0.4, 0.5) is 10.5 Å². The topological polar surface area (TPSA) is 63.2 Å². The summed E-state index contributed by atoms with van der Waals surface area (Å²) in [7, 11) is 0. The molecule has 22 heavy (non-hydrogen) atoms. The third-order valence-electron chi connectivity index (χ3n) is 2.71. The molecule has 0 atom stereocenters. The highest BCUT2D eigenvalue weighted by Crippen LogP contribution is 2.28. The van der Waals surface area contributed by atoms with E-state index in [9.17, 15) is 4.79 Å². The summed E-state index contributed by atoms with van der Waals surface area (Å²) < 4.78 is 5.17. The molecule has 0 aliphatic rings. The van der Waals surface area contributed by atoms with Crippen LogP contribution in [0.15, 0.2) is 30.5 Å². The predicted octanol–water partition coefficient (Wildman–Crippen LogP) is 4.22. The average molecular weight is 319 g/mol. The summed E-state index contributed by atoms with van der Waals surface area (Å²) >= 11 is 1.68. The standard InChI is InChI=1S/C16H21N3O2S/c1-5-14-17-10-13(22-14)11-7-6-8-12(9-11)18-19-15(20)21-16(2,3)4/h6-10,18H,5H2,1-4H3,(H,19,20). The number of hydrazine groups is 1. The molecule has 2 N–H and O–H groups in total. The molecule has 2 rings (SSSR count). The zero-order valence-corrected chi connectivity index (χ0v) is 14.1. The number of hydrogen-bond donors (Lipinski definition) is 2. The molecule has 0 saturated heterocycles. The van der Waals surface area contributed by atoms with Crippen LogP contribution in [0.3, 0.4) is 0 Å². The Morgan fingerprint density at radius 3 is 2.77 bits per heavy atom. The van der Waals surface area contributed by atoms with Crippen molar-refractivity contribution in [3.8, 4) is 10.4 Å². The Morgan fingerprint density at radius 2 is 2.14 bits per heavy atom. The Hall–Kier alpha value is -2.08. The van der Waals surface area contributed by atoms with E-state index in [1.165, 1.54) is 0 Å². The second-order valence-corrected chi connectivity index (χ2v) is 6.92. The quantitative estimate of drug-likeness (QED) is 0.828. The van der Waals surface area contributed by atoms with Crippen molar-refractivity contribution in [1.82, 2.24) is 10.4 Å². The van der Waals surface area contributed by atoms with E-state index in [0.29, 0.717) is 0 Å². The van der Waals surface area contributed by atoms with Gasteiger partial charge in [-0.15, -0.1) is 11.3 Å². The van der Waals surface area contributed by atoms with E-state index in [1.54, 1.807) is 11.3 Å². The Morgan fingerprint density at radius 1 is 1.36 bits per heavy atom. The highest BCUT2D eigenvalue weighted by atomic mass is 32.1. The lowest BCUT2D eigenvalue weighted by molar-refractivity contribution is 0.0541. The van der Waals surface area contributed by atoms with Crippen molar-refractivity contribution < 1.29 is 9.53 Å². The lowest BCUT2D eigenvalue weighted by Crippen LogP contribution is -2.35. The maximum Gasteiger partial charge on any atom is 0.426 e. The van der Waals surface area contributed by atoms with E-state index in [2.05, 4.69) is 22.8 Å². The molecule has 5 nitrogen and oxygen atoms in total. The number of aromatic nitrogens is 1. The second-order valence-electron chi connectivity index (χ2n) is 5.80. The number of carbonyl (C=O) groups is 1. The molecule has 0 aliphatic carbocycles. The smallest absolute Gasteiger partial charge is 0.426 e. The molecule has 0 unspecified atom stereocenters. The summed E-state index contributed by atoms with van der Waals surface area (Å²) in [4.78, 5) is 17.1. The van der Waals surface area contributed by atoms with E-state index < -0.39 is 11.7 Å². The lowest BCUT2D eigenvalue weighted by Gasteiger charge is -2.20. The van der Waals surface area contributed by atoms with Crippen LogP contribution >= 0.6 is 11.3 Å². The van der Waals surface area contributed by atoms with Gasteiger partial charge in [-0.2, -0.15) is 0 Å². The normalized spacial score (nSPS) is 11.1. The summed E-state index contributed by atoms with van der Waals surface area (Å²) in [5.74, 6) is 0. The van der Waals surface area contributed by atoms with Gasteiger partial charge in [-0.3, -0.25) is 5.43 Å². The van der Waals surface area contributed by atoms with Crippen molar-refractivity contribution in [1.29, 1.82) is 0 Å². The fraction of sp³-hybridized carbons (Fsp3) is 0.375. The predicted molar refractivity (Wildman–Crippen MR) is 89.9 cm³/mol. The molecule has 0 radical (unpaired) electrons. The number of benzene rings is 1. The molecule has 118 valence electrons. The summed E-state index contributed by atoms with van der Waals surface area (Å²) in [6, 6.07) is 7.79. The van der Waals surface area contributed by atoms with Crippen molar-refractivity contribution >= 4 is 23.1 Å². The number of ether oxygens (including phenoxy) is 1. The van der Waals surface area contributed by atoms with E-state index in [4.69, 9.17) is 4.74 Å². The Labute approximate surface area is 134 Å². The SMILES string of the molecule is CCc1ncc(-c2cccc(NNC(=O)OC(C)(C)C)c2)s1. The maximum absolute atomic E-state index is 11.6. The molecule has 0 spiro atoms. The number of thiazole rings is 1. The van der Waals surface area contributed by atoms with Crippen molar-refractivity contribution in [3.05, 3.63) is 35.5 Å². The van der Waals surface area contributed by atoms with Crippen molar-refractivity contribution in [2.75, 3.05) is 5.43 Å². The first-order valence-corrected chi connectivity index (χ1v) is 7.99. The first-order chi connectivity index (χ1) is 10.4. The van der Waals surface area contributed by atoms with Crippen LogP contribution in [0.5, 0.6) is 0 Å². The van der Waals surface area contributed by atoms with Gasteiger partial charge < -0.3 is 4.74 Å². The number of rotatable bonds is 4. The third-order valence-corrected chi connectivity index (χ3v) is 3.90. The van der Waals surface area contributed by atoms with Gasteiger partial charge in [0.1, 0.15) is 5.60 Å². The zero-order chi connectivity index (χ0) is 16.2. The molecule has 0 aliphatic heterocycles. The van der Waals surface area contributed by atoms with E-state index in [1.807, 2.05) is 51.2 Å². The largest absolute Gasteiger partial charge is 0.443 e. The van der Waals surface area contributed by atoms with Gasteiger partial charge in [0.2, 0.25) is 0 Å². The van der Waals surface area contributed by atoms with Gasteiger partial charge in [0.05, 0.1) is 15.6 Å². The fourth-order valence-corrected chi connectivity index (χ4v) is 2.64. The minimum absolute atomic E-state index is 0.510. The van der Waals surface area contributed by atoms with Gasteiger partial charge in [0.15, 0.2) is 0 Å². The number of carbonyl (C=O) groups excluding carboxylic acids is 1. The number of aryl methyl sites for hydroxylation is 1. The second kappa shape index (κ2) is 6.79. The van der Waals surface area contributed by atoms with Crippen LogP contribution in [0.25, 0.3) is 10.4 Å². The molecule has 1 aromatic heterocycles. The molecular weight excluding hydrogens is 298 g/mol. The van der Waals surface area contributed by atoms with Crippen LogP contribution in [-0.4, -0.2) is 16.7 Å². The summed E-state index contributed by atoms with van der Waals surface area (Å²) in [5.41, 5.74) is 6.71. The third kappa shape index (κ3) is 4.73. The van der Waals surface area contributed by atoms with Crippen molar-refractivity contribution in [2.45, 2.75) is 39.7 Å². The van der Waals surface area contributed by atoms with Gasteiger partial charge in [-0.25, -0.2) is 15.2 Å². The molecule has 0 fully saturated rings. The summed E-state index contributed by atoms with van der Waals surface area (Å²) in [6.07, 6.45) is 2.30. The van der Waals surface area contributed by atoms with Gasteiger partial charge in [-0.1, -0.05) is 19.1 Å². The molecule has 2 aromatic rings. The maximum atomic E-state index is 11.6. The van der Waals surface area contributed by atoms with Crippen LogP contribution in [0.1, 0.15) is 32.7 Å². The number of hydrogen-bond acceptors (Lipinski definition) is 5. The summed E-state index contributed by atoms with van der Waals surface area (Å²) in [6.45, 7) is 7.55. The van der Waals surface area contributed by atoms with Crippen LogP contribution in [-0.2, 0) is 11.2 Å². The molecular formula is C16H21N3O2S. The van der Waals surface area contributed by atoms with E-state index >= 15 is 0 Å². The van der Waals surface area contributed by atoms with Crippen LogP contribution < -0.4 is 10.9 Å². The Kier molecular flexibility index (Phi) is 5.03. The number of amides is 1. The first-order valence-electron chi connectivity index (χ1n) is 7.17. The Bertz CT molecular complexity index is 647. The zero-order valence-electron chi connectivity index (χ0n) is 13.3. The number of nitrogens with one attached hydrogen (secondary N) is 2. The van der Waals surface area contributed by atoms with Gasteiger partial charge in [-0.05, 0) is 44.9 Å². The minimum atomic E-state index is -0.521. The first kappa shape index (κ1) is 16.3. The highest BCUT2D eigenvalue weighted by molar-refractivity contribution is 7.15. The van der Waals surface area contributed by atoms with Crippen molar-refractivity contribution in [3.63, 3.8) is 0 Å². The summed E-state index contributed by atoms with van der Waals surface area (Å²) in [5, 5.41) is 1.11. The number of nitrogens with zero attached hydrogens (tertiary/aromatic N) is 1. The molecule has 0 saturated carbocycles. The fourth-order valence-electron chi connectivity index (χ4n) is 1.78. The van der Waals surface area contributed by atoms with Gasteiger partial charge >= 0.3 is 6.09 Å². The van der Waals surface area contributed by atoms with Crippen LogP contribution in [0, 0.1) is 0 Å². The lowest BCUT2D eigenvalue weighted by atomic mass is 10.2. The monoisotopic (exact) mass is 319 g/mol. The van der Waals surface area contributed by atoms with Gasteiger partial charge in [0, 0.05) is 6.20 Å². The molecule has 6 heteroatoms. The number of anilines is 1. The van der Waals surface area contributed by atoms with E-state index in [0.717, 1.165) is 27.6 Å². The Balaban J connectivity index is 2.01. The van der Waals surface area contributed by atoms with E-state index in [-0.39, 0.29) is 0 Å².